The minimum atomic E-state index is -0.856. The zero-order valence-corrected chi connectivity index (χ0v) is 12.8. The van der Waals surface area contributed by atoms with Gasteiger partial charge in [0.25, 0.3) is 0 Å². The fourth-order valence-corrected chi connectivity index (χ4v) is 4.68. The molecule has 0 radical (unpaired) electrons. The predicted octanol–water partition coefficient (Wildman–Crippen LogP) is 2.23. The molecule has 2 bridgehead atoms. The highest BCUT2D eigenvalue weighted by Crippen LogP contribution is 2.52. The van der Waals surface area contributed by atoms with E-state index in [1.54, 1.807) is 0 Å². The molecule has 2 fully saturated rings. The summed E-state index contributed by atoms with van der Waals surface area (Å²) in [5, 5.41) is 8.61. The van der Waals surface area contributed by atoms with E-state index < -0.39 is 5.97 Å². The molecular formula is C14H23NO3S. The quantitative estimate of drug-likeness (QED) is 0.860. The summed E-state index contributed by atoms with van der Waals surface area (Å²) >= 11 is 1.20. The van der Waals surface area contributed by atoms with Crippen molar-refractivity contribution in [2.45, 2.75) is 46.1 Å². The number of hydrogen-bond donors (Lipinski definition) is 1. The van der Waals surface area contributed by atoms with E-state index >= 15 is 0 Å². The number of amides is 1. The average molecular weight is 285 g/mol. The molecule has 2 atom stereocenters. The van der Waals surface area contributed by atoms with E-state index in [0.717, 1.165) is 19.4 Å². The second kappa shape index (κ2) is 5.00. The molecule has 5 heteroatoms. The Morgan fingerprint density at radius 1 is 1.26 bits per heavy atom. The minimum absolute atomic E-state index is 0.00695. The molecule has 0 spiro atoms. The standard InChI is InChI=1S/C14H23NO3S/c1-13(2)4-10-5-14(3,8-13)9-15(10)11(16)6-19-7-12(17)18/h10H,4-9H2,1-3H3,(H,17,18)/t10-,14-/m1/s1. The van der Waals surface area contributed by atoms with Crippen LogP contribution in [0.25, 0.3) is 0 Å². The topological polar surface area (TPSA) is 57.6 Å². The Labute approximate surface area is 118 Å². The number of carboxylic acids is 1. The van der Waals surface area contributed by atoms with Crippen molar-refractivity contribution in [2.75, 3.05) is 18.1 Å². The third-order valence-electron chi connectivity index (χ3n) is 4.19. The van der Waals surface area contributed by atoms with Crippen LogP contribution in [0.1, 0.15) is 40.0 Å². The van der Waals surface area contributed by atoms with Crippen molar-refractivity contribution in [3.8, 4) is 0 Å². The van der Waals surface area contributed by atoms with Crippen LogP contribution in [0.2, 0.25) is 0 Å². The number of nitrogens with zero attached hydrogens (tertiary/aromatic N) is 1. The Hall–Kier alpha value is -0.710. The molecule has 2 rings (SSSR count). The molecule has 1 heterocycles. The molecule has 1 N–H and O–H groups in total. The summed E-state index contributed by atoms with van der Waals surface area (Å²) in [5.41, 5.74) is 0.556. The van der Waals surface area contributed by atoms with Gasteiger partial charge in [-0.2, -0.15) is 0 Å². The van der Waals surface area contributed by atoms with Crippen LogP contribution in [-0.2, 0) is 9.59 Å². The lowest BCUT2D eigenvalue weighted by Crippen LogP contribution is -2.38. The second-order valence-corrected chi connectivity index (χ2v) is 8.11. The van der Waals surface area contributed by atoms with Crippen molar-refractivity contribution < 1.29 is 14.7 Å². The summed E-state index contributed by atoms with van der Waals surface area (Å²) in [4.78, 5) is 24.7. The molecule has 1 amide bonds. The fraction of sp³-hybridized carbons (Fsp3) is 0.857. The van der Waals surface area contributed by atoms with Gasteiger partial charge in [0.2, 0.25) is 5.91 Å². The van der Waals surface area contributed by atoms with Crippen LogP contribution >= 0.6 is 11.8 Å². The van der Waals surface area contributed by atoms with Crippen molar-refractivity contribution in [3.63, 3.8) is 0 Å². The minimum Gasteiger partial charge on any atom is -0.481 e. The molecule has 4 nitrogen and oxygen atoms in total. The summed E-state index contributed by atoms with van der Waals surface area (Å²) in [6.45, 7) is 7.68. The molecule has 1 aliphatic carbocycles. The van der Waals surface area contributed by atoms with Crippen molar-refractivity contribution in [1.82, 2.24) is 4.90 Å². The first-order chi connectivity index (χ1) is 8.71. The predicted molar refractivity (Wildman–Crippen MR) is 76.2 cm³/mol. The lowest BCUT2D eigenvalue weighted by molar-refractivity contribution is -0.133. The van der Waals surface area contributed by atoms with E-state index in [1.165, 1.54) is 18.2 Å². The molecule has 0 aromatic heterocycles. The molecule has 19 heavy (non-hydrogen) atoms. The lowest BCUT2D eigenvalue weighted by Gasteiger charge is -2.39. The van der Waals surface area contributed by atoms with Gasteiger partial charge >= 0.3 is 5.97 Å². The van der Waals surface area contributed by atoms with Gasteiger partial charge in [-0.15, -0.1) is 11.8 Å². The van der Waals surface area contributed by atoms with Gasteiger partial charge in [0.15, 0.2) is 0 Å². The molecule has 2 aliphatic rings. The largest absolute Gasteiger partial charge is 0.481 e. The van der Waals surface area contributed by atoms with E-state index in [0.29, 0.717) is 17.2 Å². The van der Waals surface area contributed by atoms with Crippen LogP contribution < -0.4 is 0 Å². The molecule has 1 saturated carbocycles. The Bertz CT molecular complexity index is 396. The summed E-state index contributed by atoms with van der Waals surface area (Å²) < 4.78 is 0. The smallest absolute Gasteiger partial charge is 0.313 e. The van der Waals surface area contributed by atoms with Crippen molar-refractivity contribution in [1.29, 1.82) is 0 Å². The Balaban J connectivity index is 1.95. The van der Waals surface area contributed by atoms with Gasteiger partial charge in [0.05, 0.1) is 11.5 Å². The van der Waals surface area contributed by atoms with E-state index in [9.17, 15) is 9.59 Å². The van der Waals surface area contributed by atoms with Gasteiger partial charge in [-0.25, -0.2) is 0 Å². The SMILES string of the molecule is CC1(C)C[C@@H]2C[C@@](C)(CN2C(=O)CSCC(=O)O)C1. The monoisotopic (exact) mass is 285 g/mol. The number of hydrogen-bond acceptors (Lipinski definition) is 3. The molecular weight excluding hydrogens is 262 g/mol. The van der Waals surface area contributed by atoms with Crippen LogP contribution in [0.4, 0.5) is 0 Å². The number of rotatable bonds is 4. The molecule has 0 aromatic carbocycles. The Kier molecular flexibility index (Phi) is 3.87. The molecule has 108 valence electrons. The first-order valence-electron chi connectivity index (χ1n) is 6.80. The van der Waals surface area contributed by atoms with E-state index in [2.05, 4.69) is 20.8 Å². The van der Waals surface area contributed by atoms with Crippen LogP contribution in [0.15, 0.2) is 0 Å². The van der Waals surface area contributed by atoms with E-state index in [1.807, 2.05) is 4.90 Å². The number of thioether (sulfide) groups is 1. The highest BCUT2D eigenvalue weighted by atomic mass is 32.2. The summed E-state index contributed by atoms with van der Waals surface area (Å²) in [6.07, 6.45) is 3.34. The van der Waals surface area contributed by atoms with Gasteiger partial charge in [0, 0.05) is 12.6 Å². The number of likely N-dealkylation sites (tertiary alicyclic amines) is 1. The number of fused-ring (bicyclic) bond motifs is 2. The van der Waals surface area contributed by atoms with Crippen molar-refractivity contribution in [3.05, 3.63) is 0 Å². The molecule has 0 aromatic rings. The zero-order chi connectivity index (χ0) is 14.3. The highest BCUT2D eigenvalue weighted by Gasteiger charge is 2.50. The van der Waals surface area contributed by atoms with Gasteiger partial charge in [-0.1, -0.05) is 20.8 Å². The average Bonchev–Trinajstić information content (AvgIpc) is 2.47. The maximum atomic E-state index is 12.2. The number of carbonyl (C=O) groups excluding carboxylic acids is 1. The normalized spacial score (nSPS) is 32.4. The molecule has 0 unspecified atom stereocenters. The lowest BCUT2D eigenvalue weighted by atomic mass is 9.65. The van der Waals surface area contributed by atoms with Crippen LogP contribution in [-0.4, -0.2) is 46.0 Å². The summed E-state index contributed by atoms with van der Waals surface area (Å²) in [5.74, 6) is -0.449. The number of aliphatic carboxylic acids is 1. The van der Waals surface area contributed by atoms with Gasteiger partial charge in [-0.3, -0.25) is 9.59 Å². The van der Waals surface area contributed by atoms with Gasteiger partial charge in [0.1, 0.15) is 0 Å². The van der Waals surface area contributed by atoms with Crippen molar-refractivity contribution in [2.24, 2.45) is 10.8 Å². The van der Waals surface area contributed by atoms with E-state index in [-0.39, 0.29) is 17.1 Å². The van der Waals surface area contributed by atoms with Crippen LogP contribution in [0.3, 0.4) is 0 Å². The maximum Gasteiger partial charge on any atom is 0.313 e. The first kappa shape index (κ1) is 14.7. The first-order valence-corrected chi connectivity index (χ1v) is 7.95. The molecule has 1 aliphatic heterocycles. The summed E-state index contributed by atoms with van der Waals surface area (Å²) in [7, 11) is 0. The number of carbonyl (C=O) groups is 2. The van der Waals surface area contributed by atoms with E-state index in [4.69, 9.17) is 5.11 Å². The highest BCUT2D eigenvalue weighted by molar-refractivity contribution is 8.00. The second-order valence-electron chi connectivity index (χ2n) is 7.12. The Morgan fingerprint density at radius 2 is 1.95 bits per heavy atom. The van der Waals surface area contributed by atoms with Gasteiger partial charge < -0.3 is 10.0 Å². The fourth-order valence-electron chi connectivity index (χ4n) is 4.06. The maximum absolute atomic E-state index is 12.2. The third kappa shape index (κ3) is 3.44. The third-order valence-corrected chi connectivity index (χ3v) is 5.09. The van der Waals surface area contributed by atoms with Crippen LogP contribution in [0.5, 0.6) is 0 Å². The van der Waals surface area contributed by atoms with Gasteiger partial charge in [-0.05, 0) is 30.1 Å². The summed E-state index contributed by atoms with van der Waals surface area (Å²) in [6, 6.07) is 0.353. The van der Waals surface area contributed by atoms with Crippen molar-refractivity contribution >= 4 is 23.6 Å². The Morgan fingerprint density at radius 3 is 2.58 bits per heavy atom. The molecule has 1 saturated heterocycles. The number of carboxylic acid groups (broad SMARTS) is 1. The zero-order valence-electron chi connectivity index (χ0n) is 11.9. The van der Waals surface area contributed by atoms with Crippen LogP contribution in [0, 0.1) is 10.8 Å².